The van der Waals surface area contributed by atoms with E-state index in [2.05, 4.69) is 21.2 Å². The normalized spacial score (nSPS) is 12.2. The van der Waals surface area contributed by atoms with E-state index in [0.717, 1.165) is 15.0 Å². The molecule has 1 unspecified atom stereocenters. The van der Waals surface area contributed by atoms with Crippen molar-refractivity contribution in [2.75, 3.05) is 24.2 Å². The van der Waals surface area contributed by atoms with E-state index in [9.17, 15) is 18.0 Å². The molecule has 1 atom stereocenters. The first kappa shape index (κ1) is 25.2. The molecule has 168 valence electrons. The molecular weight excluding hydrogens is 506 g/mol. The van der Waals surface area contributed by atoms with Crippen LogP contribution in [-0.4, -0.2) is 51.0 Å². The smallest absolute Gasteiger partial charge is 0.244 e. The zero-order valence-corrected chi connectivity index (χ0v) is 20.7. The second kappa shape index (κ2) is 11.0. The van der Waals surface area contributed by atoms with E-state index in [0.29, 0.717) is 22.7 Å². The van der Waals surface area contributed by atoms with E-state index in [1.165, 1.54) is 11.9 Å². The van der Waals surface area contributed by atoms with Crippen LogP contribution in [0, 0.1) is 0 Å². The van der Waals surface area contributed by atoms with Gasteiger partial charge in [-0.25, -0.2) is 8.42 Å². The Morgan fingerprint density at radius 3 is 2.26 bits per heavy atom. The summed E-state index contributed by atoms with van der Waals surface area (Å²) in [6.07, 6.45) is 1.39. The topological polar surface area (TPSA) is 86.8 Å². The summed E-state index contributed by atoms with van der Waals surface area (Å²) < 4.78 is 26.7. The van der Waals surface area contributed by atoms with E-state index in [1.54, 1.807) is 55.5 Å². The minimum Gasteiger partial charge on any atom is -0.357 e. The fourth-order valence-electron chi connectivity index (χ4n) is 3.12. The molecule has 10 heteroatoms. The summed E-state index contributed by atoms with van der Waals surface area (Å²) in [7, 11) is -2.26. The van der Waals surface area contributed by atoms with E-state index in [4.69, 9.17) is 11.6 Å². The predicted molar refractivity (Wildman–Crippen MR) is 126 cm³/mol. The van der Waals surface area contributed by atoms with Crippen LogP contribution in [0.5, 0.6) is 0 Å². The highest BCUT2D eigenvalue weighted by atomic mass is 79.9. The lowest BCUT2D eigenvalue weighted by Gasteiger charge is -2.32. The van der Waals surface area contributed by atoms with Gasteiger partial charge in [0.05, 0.1) is 11.9 Å². The van der Waals surface area contributed by atoms with Gasteiger partial charge in [0.1, 0.15) is 12.6 Å². The second-order valence-corrected chi connectivity index (χ2v) is 10.1. The van der Waals surface area contributed by atoms with Crippen molar-refractivity contribution < 1.29 is 18.0 Å². The Morgan fingerprint density at radius 1 is 1.13 bits per heavy atom. The molecule has 2 aromatic carbocycles. The van der Waals surface area contributed by atoms with Gasteiger partial charge >= 0.3 is 0 Å². The maximum atomic E-state index is 13.4. The third-order valence-electron chi connectivity index (χ3n) is 4.72. The van der Waals surface area contributed by atoms with Gasteiger partial charge in [0.15, 0.2) is 0 Å². The molecule has 2 amide bonds. The van der Waals surface area contributed by atoms with Gasteiger partial charge in [-0.2, -0.15) is 0 Å². The average molecular weight is 531 g/mol. The standard InChI is InChI=1S/C21H25BrClN3O4S/c1-4-19(21(28)24-2)25(13-15-7-5-6-8-18(15)23)20(27)14-26(31(3,29)30)17-11-9-16(22)10-12-17/h5-12,19H,4,13-14H2,1-3H3,(H,24,28). The zero-order chi connectivity index (χ0) is 23.2. The van der Waals surface area contributed by atoms with Crippen molar-refractivity contribution in [1.82, 2.24) is 10.2 Å². The molecule has 0 fully saturated rings. The van der Waals surface area contributed by atoms with E-state index in [-0.39, 0.29) is 12.5 Å². The average Bonchev–Trinajstić information content (AvgIpc) is 2.72. The van der Waals surface area contributed by atoms with E-state index in [1.807, 2.05) is 0 Å². The molecule has 0 spiro atoms. The summed E-state index contributed by atoms with van der Waals surface area (Å²) in [5, 5.41) is 3.03. The van der Waals surface area contributed by atoms with Gasteiger partial charge in [-0.1, -0.05) is 52.7 Å². The first-order valence-corrected chi connectivity index (χ1v) is 12.6. The number of halogens is 2. The molecule has 2 aromatic rings. The SMILES string of the molecule is CCC(C(=O)NC)N(Cc1ccccc1Cl)C(=O)CN(c1ccc(Br)cc1)S(C)(=O)=O. The highest BCUT2D eigenvalue weighted by Gasteiger charge is 2.31. The minimum atomic E-state index is -3.75. The summed E-state index contributed by atoms with van der Waals surface area (Å²) in [6.45, 7) is 1.41. The third kappa shape index (κ3) is 6.69. The number of hydrogen-bond acceptors (Lipinski definition) is 4. The van der Waals surface area contributed by atoms with Crippen LogP contribution in [0.3, 0.4) is 0 Å². The number of carbonyl (C=O) groups excluding carboxylic acids is 2. The van der Waals surface area contributed by atoms with Gasteiger partial charge in [0.2, 0.25) is 21.8 Å². The number of rotatable bonds is 9. The first-order valence-electron chi connectivity index (χ1n) is 9.56. The van der Waals surface area contributed by atoms with Gasteiger partial charge in [-0.15, -0.1) is 0 Å². The number of anilines is 1. The molecular formula is C21H25BrClN3O4S. The van der Waals surface area contributed by atoms with Crippen LogP contribution in [0.25, 0.3) is 0 Å². The highest BCUT2D eigenvalue weighted by Crippen LogP contribution is 2.23. The molecule has 0 aliphatic carbocycles. The molecule has 0 heterocycles. The number of likely N-dealkylation sites (N-methyl/N-ethyl adjacent to an activating group) is 1. The number of sulfonamides is 1. The highest BCUT2D eigenvalue weighted by molar-refractivity contribution is 9.10. The van der Waals surface area contributed by atoms with Crippen molar-refractivity contribution in [3.05, 3.63) is 63.6 Å². The van der Waals surface area contributed by atoms with E-state index < -0.39 is 28.5 Å². The molecule has 0 aliphatic heterocycles. The number of nitrogens with zero attached hydrogens (tertiary/aromatic N) is 2. The lowest BCUT2D eigenvalue weighted by atomic mass is 10.1. The van der Waals surface area contributed by atoms with Gasteiger partial charge in [0.25, 0.3) is 0 Å². The lowest BCUT2D eigenvalue weighted by Crippen LogP contribution is -2.51. The van der Waals surface area contributed by atoms with Gasteiger partial charge in [0, 0.05) is 23.1 Å². The predicted octanol–water partition coefficient (Wildman–Crippen LogP) is 3.42. The lowest BCUT2D eigenvalue weighted by molar-refractivity contribution is -0.140. The van der Waals surface area contributed by atoms with E-state index >= 15 is 0 Å². The molecule has 0 bridgehead atoms. The third-order valence-corrected chi connectivity index (χ3v) is 6.76. The maximum Gasteiger partial charge on any atom is 0.244 e. The summed E-state index contributed by atoms with van der Waals surface area (Å²) >= 11 is 9.59. The largest absolute Gasteiger partial charge is 0.357 e. The van der Waals surface area contributed by atoms with Crippen LogP contribution in [0.1, 0.15) is 18.9 Å². The van der Waals surface area contributed by atoms with Crippen molar-refractivity contribution in [1.29, 1.82) is 0 Å². The van der Waals surface area contributed by atoms with Crippen molar-refractivity contribution in [3.8, 4) is 0 Å². The summed E-state index contributed by atoms with van der Waals surface area (Å²) in [5.74, 6) is -0.846. The number of amides is 2. The number of carbonyl (C=O) groups is 2. The van der Waals surface area contributed by atoms with Crippen LogP contribution < -0.4 is 9.62 Å². The van der Waals surface area contributed by atoms with Crippen molar-refractivity contribution >= 4 is 55.1 Å². The molecule has 31 heavy (non-hydrogen) atoms. The number of nitrogens with one attached hydrogen (secondary N) is 1. The molecule has 1 N–H and O–H groups in total. The number of benzene rings is 2. The zero-order valence-electron chi connectivity index (χ0n) is 17.5. The van der Waals surface area contributed by atoms with Gasteiger partial charge in [-0.05, 0) is 42.3 Å². The second-order valence-electron chi connectivity index (χ2n) is 6.90. The Labute approximate surface area is 196 Å². The molecule has 0 radical (unpaired) electrons. The monoisotopic (exact) mass is 529 g/mol. The molecule has 2 rings (SSSR count). The van der Waals surface area contributed by atoms with Gasteiger partial charge in [-0.3, -0.25) is 13.9 Å². The Balaban J connectivity index is 2.43. The Morgan fingerprint density at radius 2 is 1.74 bits per heavy atom. The molecule has 0 saturated carbocycles. The van der Waals surface area contributed by atoms with Crippen LogP contribution in [0.4, 0.5) is 5.69 Å². The van der Waals surface area contributed by atoms with Crippen molar-refractivity contribution in [2.45, 2.75) is 25.9 Å². The van der Waals surface area contributed by atoms with Crippen LogP contribution in [0.2, 0.25) is 5.02 Å². The van der Waals surface area contributed by atoms with Crippen molar-refractivity contribution in [3.63, 3.8) is 0 Å². The van der Waals surface area contributed by atoms with Crippen molar-refractivity contribution in [2.24, 2.45) is 0 Å². The molecule has 0 saturated heterocycles. The summed E-state index contributed by atoms with van der Waals surface area (Å²) in [4.78, 5) is 27.2. The van der Waals surface area contributed by atoms with Crippen LogP contribution >= 0.6 is 27.5 Å². The number of hydrogen-bond donors (Lipinski definition) is 1. The van der Waals surface area contributed by atoms with Crippen LogP contribution in [-0.2, 0) is 26.2 Å². The van der Waals surface area contributed by atoms with Crippen LogP contribution in [0.15, 0.2) is 53.0 Å². The summed E-state index contributed by atoms with van der Waals surface area (Å²) in [6, 6.07) is 12.8. The van der Waals surface area contributed by atoms with Gasteiger partial charge < -0.3 is 10.2 Å². The fraction of sp³-hybridized carbons (Fsp3) is 0.333. The minimum absolute atomic E-state index is 0.0718. The Bertz CT molecular complexity index is 1030. The quantitative estimate of drug-likeness (QED) is 0.538. The molecule has 7 nitrogen and oxygen atoms in total. The molecule has 0 aromatic heterocycles. The molecule has 0 aliphatic rings. The Hall–Kier alpha value is -2.10. The first-order chi connectivity index (χ1) is 14.6. The maximum absolute atomic E-state index is 13.4. The fourth-order valence-corrected chi connectivity index (χ4v) is 4.43. The Kier molecular flexibility index (Phi) is 8.90. The summed E-state index contributed by atoms with van der Waals surface area (Å²) in [5.41, 5.74) is 1.01.